The molecular weight excluding hydrogens is 1220 g/mol. The monoisotopic (exact) mass is 1280 g/mol. The van der Waals surface area contributed by atoms with Crippen LogP contribution in [0.2, 0.25) is 0 Å². The van der Waals surface area contributed by atoms with E-state index in [0.29, 0.717) is 5.82 Å². The van der Waals surface area contributed by atoms with Gasteiger partial charge in [-0.3, -0.25) is 0 Å². The van der Waals surface area contributed by atoms with Crippen LogP contribution in [0.5, 0.6) is 0 Å². The standard InChI is InChI=1S/C96H57BN4/c1-5-21-58(22-6-1)62-43-47-70(48-44-62)100-86-54-69(96-98-85-42-14-13-33-78(85)93(99-96)68-52-66(60-25-9-3-10-26-60)51-67(53-68)61-27-11-4-12-28-61)55-87-92(86)97(83-56-81-76-36-17-31-64-29-15-34-72(88(64)76)74-38-19-40-79(90(74)81)94(83)100)84-57-82-77-37-18-32-65-30-16-35-73(89(65)77)75-39-20-41-80(91(75)82)95(84)101(87)71-49-45-63(46-50-71)59-23-7-2-8-24-59/h1-57H. The molecule has 5 heteroatoms. The van der Waals surface area contributed by atoms with E-state index < -0.39 is 0 Å². The van der Waals surface area contributed by atoms with Crippen molar-refractivity contribution in [3.8, 4) is 67.2 Å². The van der Waals surface area contributed by atoms with Gasteiger partial charge >= 0.3 is 0 Å². The van der Waals surface area contributed by atoms with Gasteiger partial charge in [-0.15, -0.1) is 0 Å². The predicted molar refractivity (Wildman–Crippen MR) is 429 cm³/mol. The lowest BCUT2D eigenvalue weighted by Gasteiger charge is -2.45. The Morgan fingerprint density at radius 2 is 0.574 bits per heavy atom. The number of para-hydroxylation sites is 1. The van der Waals surface area contributed by atoms with Gasteiger partial charge in [0, 0.05) is 61.4 Å². The van der Waals surface area contributed by atoms with Crippen LogP contribution in [-0.4, -0.2) is 16.7 Å². The Morgan fingerprint density at radius 1 is 0.228 bits per heavy atom. The van der Waals surface area contributed by atoms with Crippen molar-refractivity contribution < 1.29 is 0 Å². The first-order valence-corrected chi connectivity index (χ1v) is 35.0. The summed E-state index contributed by atoms with van der Waals surface area (Å²) in [4.78, 5) is 16.9. The molecule has 1 aromatic heterocycles. The summed E-state index contributed by atoms with van der Waals surface area (Å²) in [7, 11) is 0. The molecular formula is C96H57BN4. The zero-order valence-corrected chi connectivity index (χ0v) is 54.8. The molecule has 0 atom stereocenters. The lowest BCUT2D eigenvalue weighted by atomic mass is 9.33. The van der Waals surface area contributed by atoms with Crippen molar-refractivity contribution in [3.05, 3.63) is 346 Å². The van der Waals surface area contributed by atoms with Crippen molar-refractivity contribution in [2.75, 3.05) is 9.80 Å². The van der Waals surface area contributed by atoms with Crippen LogP contribution >= 0.6 is 0 Å². The molecule has 20 aromatic rings. The number of nitrogens with zero attached hydrogens (tertiary/aromatic N) is 4. The van der Waals surface area contributed by atoms with E-state index in [9.17, 15) is 0 Å². The minimum atomic E-state index is -0.273. The first-order valence-electron chi connectivity index (χ1n) is 35.0. The van der Waals surface area contributed by atoms with E-state index in [1.165, 1.54) is 114 Å². The van der Waals surface area contributed by atoms with E-state index in [1.807, 2.05) is 0 Å². The molecule has 464 valence electrons. The SMILES string of the molecule is c1ccc(-c2ccc(N3c4cc(-c5nc(-c6cc(-c7ccccc7)cc(-c7ccccc7)c6)c6ccccc6n5)cc5c4B(c4cc6c7cccc8cccc(c9cccc(c43)c96)c87)c3cc4c6cccc7cccc(c8cccc(c3N5c3ccc(-c5ccccc5)cc3)c84)c76)cc2)cc1. The molecule has 0 unspecified atom stereocenters. The number of aromatic nitrogens is 2. The fraction of sp³-hybridized carbons (Fsp3) is 0. The molecule has 0 saturated carbocycles. The van der Waals surface area contributed by atoms with E-state index in [-0.39, 0.29) is 6.71 Å². The molecule has 0 bridgehead atoms. The van der Waals surface area contributed by atoms with Crippen LogP contribution < -0.4 is 26.2 Å². The van der Waals surface area contributed by atoms with Gasteiger partial charge in [-0.2, -0.15) is 0 Å². The number of rotatable bonds is 8. The van der Waals surface area contributed by atoms with Gasteiger partial charge in [0.25, 0.3) is 6.71 Å². The van der Waals surface area contributed by atoms with Gasteiger partial charge in [-0.25, -0.2) is 9.97 Å². The van der Waals surface area contributed by atoms with Gasteiger partial charge < -0.3 is 9.80 Å². The minimum Gasteiger partial charge on any atom is -0.311 e. The Balaban J connectivity index is 0.902. The largest absolute Gasteiger partial charge is 0.311 e. The van der Waals surface area contributed by atoms with Gasteiger partial charge in [0.1, 0.15) is 0 Å². The molecule has 2 aliphatic rings. The van der Waals surface area contributed by atoms with Crippen LogP contribution in [0.1, 0.15) is 0 Å². The molecule has 0 N–H and O–H groups in total. The van der Waals surface area contributed by atoms with Crippen molar-refractivity contribution in [1.82, 2.24) is 9.97 Å². The van der Waals surface area contributed by atoms with Crippen molar-refractivity contribution >= 4 is 154 Å². The quantitative estimate of drug-likeness (QED) is 0.0862. The lowest BCUT2D eigenvalue weighted by Crippen LogP contribution is -2.61. The second-order valence-corrected chi connectivity index (χ2v) is 27.4. The molecule has 0 amide bonds. The van der Waals surface area contributed by atoms with Crippen LogP contribution in [0.4, 0.5) is 34.1 Å². The Morgan fingerprint density at radius 3 is 1.02 bits per heavy atom. The Labute approximate surface area is 583 Å². The fourth-order valence-corrected chi connectivity index (χ4v) is 17.7. The number of anilines is 6. The minimum absolute atomic E-state index is 0.273. The van der Waals surface area contributed by atoms with Crippen LogP contribution in [-0.2, 0) is 0 Å². The third-order valence-electron chi connectivity index (χ3n) is 22.0. The summed E-state index contributed by atoms with van der Waals surface area (Å²) in [6.45, 7) is -0.273. The summed E-state index contributed by atoms with van der Waals surface area (Å²) in [5, 5.41) is 21.0. The third-order valence-corrected chi connectivity index (χ3v) is 22.0. The van der Waals surface area contributed by atoms with Crippen LogP contribution in [0.15, 0.2) is 346 Å². The second kappa shape index (κ2) is 21.6. The number of benzene rings is 19. The highest BCUT2D eigenvalue weighted by atomic mass is 15.2. The molecule has 0 spiro atoms. The van der Waals surface area contributed by atoms with Crippen LogP contribution in [0.25, 0.3) is 164 Å². The maximum Gasteiger partial charge on any atom is 0.252 e. The summed E-state index contributed by atoms with van der Waals surface area (Å²) < 4.78 is 0. The number of hydrogen-bond donors (Lipinski definition) is 0. The zero-order chi connectivity index (χ0) is 66.0. The first kappa shape index (κ1) is 55.9. The number of fused-ring (bicyclic) bond motifs is 11. The summed E-state index contributed by atoms with van der Waals surface area (Å²) in [5.41, 5.74) is 23.1. The second-order valence-electron chi connectivity index (χ2n) is 27.4. The van der Waals surface area contributed by atoms with Crippen molar-refractivity contribution in [3.63, 3.8) is 0 Å². The van der Waals surface area contributed by atoms with Gasteiger partial charge in [0.15, 0.2) is 5.82 Å². The third kappa shape index (κ3) is 8.32. The number of hydrogen-bond acceptors (Lipinski definition) is 4. The maximum atomic E-state index is 5.96. The maximum absolute atomic E-state index is 5.96. The highest BCUT2D eigenvalue weighted by Crippen LogP contribution is 2.54. The first-order chi connectivity index (χ1) is 50.1. The fourth-order valence-electron chi connectivity index (χ4n) is 17.7. The molecule has 0 saturated heterocycles. The molecule has 22 rings (SSSR count). The molecule has 2 aliphatic heterocycles. The highest BCUT2D eigenvalue weighted by Gasteiger charge is 2.46. The normalized spacial score (nSPS) is 12.7. The van der Waals surface area contributed by atoms with Gasteiger partial charge in [-0.05, 0) is 197 Å². The van der Waals surface area contributed by atoms with E-state index >= 15 is 0 Å². The molecule has 0 aliphatic carbocycles. The van der Waals surface area contributed by atoms with Gasteiger partial charge in [0.05, 0.1) is 11.2 Å². The lowest BCUT2D eigenvalue weighted by molar-refractivity contribution is 1.21. The van der Waals surface area contributed by atoms with Crippen LogP contribution in [0.3, 0.4) is 0 Å². The van der Waals surface area contributed by atoms with Crippen LogP contribution in [0, 0.1) is 0 Å². The van der Waals surface area contributed by atoms with E-state index in [1.54, 1.807) is 0 Å². The average Bonchev–Trinajstić information content (AvgIpc) is 0.675. The topological polar surface area (TPSA) is 32.3 Å². The molecule has 0 fully saturated rings. The highest BCUT2D eigenvalue weighted by molar-refractivity contribution is 7.01. The molecule has 101 heavy (non-hydrogen) atoms. The summed E-state index contributed by atoms with van der Waals surface area (Å²) in [6.07, 6.45) is 0. The zero-order valence-electron chi connectivity index (χ0n) is 54.8. The smallest absolute Gasteiger partial charge is 0.252 e. The van der Waals surface area contributed by atoms with E-state index in [2.05, 4.69) is 356 Å². The van der Waals surface area contributed by atoms with E-state index in [0.717, 1.165) is 95.2 Å². The molecule has 19 aromatic carbocycles. The molecule has 4 nitrogen and oxygen atoms in total. The predicted octanol–water partition coefficient (Wildman–Crippen LogP) is 23.8. The Hall–Kier alpha value is -13.2. The Kier molecular flexibility index (Phi) is 12.0. The Bertz CT molecular complexity index is 6430. The summed E-state index contributed by atoms with van der Waals surface area (Å²) in [6, 6.07) is 129. The summed E-state index contributed by atoms with van der Waals surface area (Å²) in [5.74, 6) is 0.638. The van der Waals surface area contributed by atoms with Gasteiger partial charge in [-0.1, -0.05) is 285 Å². The van der Waals surface area contributed by atoms with E-state index in [4.69, 9.17) is 9.97 Å². The molecule has 0 radical (unpaired) electrons. The average molecular weight is 1280 g/mol. The van der Waals surface area contributed by atoms with Gasteiger partial charge in [0.2, 0.25) is 0 Å². The summed E-state index contributed by atoms with van der Waals surface area (Å²) >= 11 is 0. The molecule has 3 heterocycles. The van der Waals surface area contributed by atoms with Crippen molar-refractivity contribution in [2.24, 2.45) is 0 Å². The van der Waals surface area contributed by atoms with Crippen molar-refractivity contribution in [2.45, 2.75) is 0 Å². The van der Waals surface area contributed by atoms with Crippen molar-refractivity contribution in [1.29, 1.82) is 0 Å².